The molecule has 1 aromatic heterocycles. The van der Waals surface area contributed by atoms with E-state index in [9.17, 15) is 14.4 Å². The number of nitrogens with one attached hydrogen (secondary N) is 1. The molecule has 1 aromatic carbocycles. The van der Waals surface area contributed by atoms with E-state index in [4.69, 9.17) is 4.74 Å². The van der Waals surface area contributed by atoms with E-state index < -0.39 is 0 Å². The van der Waals surface area contributed by atoms with Gasteiger partial charge in [-0.05, 0) is 31.0 Å². The van der Waals surface area contributed by atoms with E-state index in [0.717, 1.165) is 5.56 Å². The molecule has 0 bridgehead atoms. The molecule has 7 heteroatoms. The van der Waals surface area contributed by atoms with Gasteiger partial charge >= 0.3 is 0 Å². The third kappa shape index (κ3) is 4.48. The van der Waals surface area contributed by atoms with E-state index in [0.29, 0.717) is 43.9 Å². The fourth-order valence-electron chi connectivity index (χ4n) is 3.32. The maximum Gasteiger partial charge on any atom is 0.255 e. The van der Waals surface area contributed by atoms with Gasteiger partial charge in [0, 0.05) is 38.0 Å². The minimum atomic E-state index is -0.158. The number of nitrogens with zero attached hydrogens (tertiary/aromatic N) is 2. The van der Waals surface area contributed by atoms with Crippen LogP contribution in [0.2, 0.25) is 0 Å². The summed E-state index contributed by atoms with van der Waals surface area (Å²) in [5.74, 6) is -0.250. The molecule has 1 unspecified atom stereocenters. The topological polar surface area (TPSA) is 80.6 Å². The van der Waals surface area contributed by atoms with Gasteiger partial charge in [0.1, 0.15) is 0 Å². The highest BCUT2D eigenvalue weighted by atomic mass is 16.5. The van der Waals surface area contributed by atoms with Crippen LogP contribution in [0, 0.1) is 6.92 Å². The normalized spacial score (nSPS) is 16.6. The summed E-state index contributed by atoms with van der Waals surface area (Å²) in [6.45, 7) is 3.73. The molecular weight excluding hydrogens is 358 g/mol. The number of hydrogen-bond acceptors (Lipinski definition) is 4. The summed E-state index contributed by atoms with van der Waals surface area (Å²) in [5, 5.41) is 2.93. The van der Waals surface area contributed by atoms with Crippen LogP contribution in [0.15, 0.2) is 47.4 Å². The number of rotatable bonds is 5. The number of amides is 2. The first-order chi connectivity index (χ1) is 13.5. The molecule has 1 atom stereocenters. The van der Waals surface area contributed by atoms with Crippen molar-refractivity contribution in [2.24, 2.45) is 7.05 Å². The zero-order valence-corrected chi connectivity index (χ0v) is 16.2. The van der Waals surface area contributed by atoms with Crippen molar-refractivity contribution in [3.8, 4) is 0 Å². The lowest BCUT2D eigenvalue weighted by Gasteiger charge is -2.35. The second kappa shape index (κ2) is 8.84. The predicted molar refractivity (Wildman–Crippen MR) is 105 cm³/mol. The Bertz CT molecular complexity index is 922. The molecule has 0 aliphatic carbocycles. The van der Waals surface area contributed by atoms with Crippen molar-refractivity contribution in [2.75, 3.05) is 26.3 Å². The monoisotopic (exact) mass is 383 g/mol. The van der Waals surface area contributed by atoms with E-state index >= 15 is 0 Å². The molecule has 2 amide bonds. The lowest BCUT2D eigenvalue weighted by Crippen LogP contribution is -2.50. The summed E-state index contributed by atoms with van der Waals surface area (Å²) in [6, 6.07) is 10.2. The molecule has 1 N–H and O–H groups in total. The average Bonchev–Trinajstić information content (AvgIpc) is 2.70. The fourth-order valence-corrected chi connectivity index (χ4v) is 3.32. The predicted octanol–water partition coefficient (Wildman–Crippen LogP) is 1.35. The highest BCUT2D eigenvalue weighted by Crippen LogP contribution is 2.15. The van der Waals surface area contributed by atoms with Crippen LogP contribution in [0.5, 0.6) is 0 Å². The number of benzene rings is 1. The summed E-state index contributed by atoms with van der Waals surface area (Å²) >= 11 is 0. The summed E-state index contributed by atoms with van der Waals surface area (Å²) in [7, 11) is 1.62. The Kier molecular flexibility index (Phi) is 6.26. The van der Waals surface area contributed by atoms with Gasteiger partial charge in [-0.3, -0.25) is 14.4 Å². The molecule has 148 valence electrons. The van der Waals surface area contributed by atoms with Crippen molar-refractivity contribution in [3.05, 3.63) is 69.6 Å². The first-order valence-corrected chi connectivity index (χ1v) is 9.36. The third-order valence-electron chi connectivity index (χ3n) is 4.97. The number of hydrogen-bond donors (Lipinski definition) is 1. The van der Waals surface area contributed by atoms with Crippen LogP contribution in [0.25, 0.3) is 0 Å². The van der Waals surface area contributed by atoms with Gasteiger partial charge in [0.05, 0.1) is 24.8 Å². The molecule has 2 aromatic rings. The van der Waals surface area contributed by atoms with Gasteiger partial charge in [-0.2, -0.15) is 0 Å². The summed E-state index contributed by atoms with van der Waals surface area (Å²) in [5.41, 5.74) is 1.89. The molecule has 7 nitrogen and oxygen atoms in total. The molecule has 0 radical (unpaired) electrons. The highest BCUT2D eigenvalue weighted by molar-refractivity contribution is 5.95. The Balaban J connectivity index is 1.62. The number of aromatic nitrogens is 1. The Hall–Kier alpha value is -2.93. The summed E-state index contributed by atoms with van der Waals surface area (Å²) < 4.78 is 6.93. The highest BCUT2D eigenvalue weighted by Gasteiger charge is 2.28. The summed E-state index contributed by atoms with van der Waals surface area (Å²) in [6.07, 6.45) is 2.15. The Morgan fingerprint density at radius 1 is 1.21 bits per heavy atom. The Labute approximate surface area is 163 Å². The minimum Gasteiger partial charge on any atom is -0.377 e. The van der Waals surface area contributed by atoms with Crippen LogP contribution < -0.4 is 10.9 Å². The van der Waals surface area contributed by atoms with E-state index in [2.05, 4.69) is 5.32 Å². The molecule has 1 aliphatic heterocycles. The largest absolute Gasteiger partial charge is 0.377 e. The lowest BCUT2D eigenvalue weighted by atomic mass is 10.1. The van der Waals surface area contributed by atoms with Gasteiger partial charge in [-0.15, -0.1) is 0 Å². The zero-order valence-electron chi connectivity index (χ0n) is 16.2. The standard InChI is InChI=1S/C21H25N3O4/c1-15-5-3-4-6-18(15)20(26)22-10-9-17-14-28-12-11-24(17)21(27)16-7-8-19(25)23(2)13-16/h3-8,13,17H,9-12,14H2,1-2H3,(H,22,26). The van der Waals surface area contributed by atoms with Crippen molar-refractivity contribution in [2.45, 2.75) is 19.4 Å². The second-order valence-electron chi connectivity index (χ2n) is 6.95. The van der Waals surface area contributed by atoms with Crippen LogP contribution in [0.4, 0.5) is 0 Å². The summed E-state index contributed by atoms with van der Waals surface area (Å²) in [4.78, 5) is 38.6. The van der Waals surface area contributed by atoms with Gasteiger partial charge in [0.15, 0.2) is 0 Å². The number of pyridine rings is 1. The van der Waals surface area contributed by atoms with Crippen LogP contribution in [0.1, 0.15) is 32.7 Å². The maximum atomic E-state index is 12.9. The van der Waals surface area contributed by atoms with Crippen LogP contribution in [-0.4, -0.2) is 53.6 Å². The molecule has 2 heterocycles. The molecule has 1 fully saturated rings. The Morgan fingerprint density at radius 3 is 2.75 bits per heavy atom. The van der Waals surface area contributed by atoms with Crippen molar-refractivity contribution in [1.29, 1.82) is 0 Å². The van der Waals surface area contributed by atoms with Crippen molar-refractivity contribution in [3.63, 3.8) is 0 Å². The first-order valence-electron chi connectivity index (χ1n) is 9.36. The maximum absolute atomic E-state index is 12.9. The number of morpholine rings is 1. The van der Waals surface area contributed by atoms with E-state index in [1.54, 1.807) is 30.3 Å². The molecule has 1 aliphatic rings. The van der Waals surface area contributed by atoms with Crippen LogP contribution >= 0.6 is 0 Å². The van der Waals surface area contributed by atoms with E-state index in [1.807, 2.05) is 25.1 Å². The molecular formula is C21H25N3O4. The number of aryl methyl sites for hydroxylation is 2. The molecule has 28 heavy (non-hydrogen) atoms. The number of carbonyl (C=O) groups excluding carboxylic acids is 2. The van der Waals surface area contributed by atoms with Gasteiger partial charge in [-0.25, -0.2) is 0 Å². The molecule has 1 saturated heterocycles. The van der Waals surface area contributed by atoms with Crippen molar-refractivity contribution < 1.29 is 14.3 Å². The number of carbonyl (C=O) groups is 2. The van der Waals surface area contributed by atoms with Crippen LogP contribution in [-0.2, 0) is 11.8 Å². The van der Waals surface area contributed by atoms with E-state index in [1.165, 1.54) is 10.6 Å². The Morgan fingerprint density at radius 2 is 2.00 bits per heavy atom. The minimum absolute atomic E-state index is 0.120. The second-order valence-corrected chi connectivity index (χ2v) is 6.95. The average molecular weight is 383 g/mol. The lowest BCUT2D eigenvalue weighted by molar-refractivity contribution is -0.00395. The smallest absolute Gasteiger partial charge is 0.255 e. The van der Waals surface area contributed by atoms with Gasteiger partial charge < -0.3 is 19.5 Å². The SMILES string of the molecule is Cc1ccccc1C(=O)NCCC1COCCN1C(=O)c1ccc(=O)n(C)c1. The number of ether oxygens (including phenoxy) is 1. The van der Waals surface area contributed by atoms with Crippen LogP contribution in [0.3, 0.4) is 0 Å². The molecule has 0 spiro atoms. The zero-order chi connectivity index (χ0) is 20.1. The molecule has 0 saturated carbocycles. The van der Waals surface area contributed by atoms with Gasteiger partial charge in [0.2, 0.25) is 5.56 Å². The first kappa shape index (κ1) is 19.8. The van der Waals surface area contributed by atoms with E-state index in [-0.39, 0.29) is 23.4 Å². The quantitative estimate of drug-likeness (QED) is 0.845. The van der Waals surface area contributed by atoms with Gasteiger partial charge in [0.25, 0.3) is 11.8 Å². The third-order valence-corrected chi connectivity index (χ3v) is 4.97. The van der Waals surface area contributed by atoms with Gasteiger partial charge in [-0.1, -0.05) is 18.2 Å². The fraction of sp³-hybridized carbons (Fsp3) is 0.381. The van der Waals surface area contributed by atoms with Crippen molar-refractivity contribution in [1.82, 2.24) is 14.8 Å². The molecule has 3 rings (SSSR count). The van der Waals surface area contributed by atoms with Crippen molar-refractivity contribution >= 4 is 11.8 Å².